The molecule has 0 amide bonds. The van der Waals surface area contributed by atoms with Gasteiger partial charge in [-0.15, -0.1) is 0 Å². The monoisotopic (exact) mass is 625 g/mol. The zero-order valence-electron chi connectivity index (χ0n) is 27.2. The molecule has 0 bridgehead atoms. The van der Waals surface area contributed by atoms with E-state index in [1.165, 1.54) is 55.6 Å². The second-order valence-electron chi connectivity index (χ2n) is 12.2. The Hall–Kier alpha value is -6.44. The smallest absolute Gasteiger partial charge is 0.0467 e. The van der Waals surface area contributed by atoms with Crippen LogP contribution in [0.5, 0.6) is 0 Å². The molecule has 0 fully saturated rings. The molecule has 8 aromatic carbocycles. The summed E-state index contributed by atoms with van der Waals surface area (Å²) in [5.41, 5.74) is 15.4. The molecule has 0 aliphatic carbocycles. The number of nitrogens with zero attached hydrogens (tertiary/aromatic N) is 1. The van der Waals surface area contributed by atoms with Gasteiger partial charge in [-0.2, -0.15) is 0 Å². The summed E-state index contributed by atoms with van der Waals surface area (Å²) in [4.78, 5) is 2.35. The predicted molar refractivity (Wildman–Crippen MR) is 208 cm³/mol. The minimum absolute atomic E-state index is 1.10. The summed E-state index contributed by atoms with van der Waals surface area (Å²) in [7, 11) is 0. The van der Waals surface area contributed by atoms with Crippen LogP contribution in [-0.4, -0.2) is 0 Å². The van der Waals surface area contributed by atoms with Crippen LogP contribution >= 0.6 is 0 Å². The molecule has 49 heavy (non-hydrogen) atoms. The van der Waals surface area contributed by atoms with E-state index in [0.29, 0.717) is 0 Å². The standard InChI is InChI=1S/C48H35N/c1-5-14-36(15-6-1)39-24-29-44(30-25-39)49(46-23-13-22-42(34-46)37-16-7-2-8-17-37)45-31-26-41(27-32-45)47-33-28-43(38-18-9-3-10-19-38)35-48(47)40-20-11-4-12-21-40/h1-35H. The van der Waals surface area contributed by atoms with Gasteiger partial charge in [-0.3, -0.25) is 0 Å². The normalized spacial score (nSPS) is 10.9. The van der Waals surface area contributed by atoms with Gasteiger partial charge in [0, 0.05) is 17.1 Å². The molecule has 1 heteroatoms. The Morgan fingerprint density at radius 2 is 0.571 bits per heavy atom. The number of anilines is 3. The van der Waals surface area contributed by atoms with Crippen LogP contribution in [-0.2, 0) is 0 Å². The van der Waals surface area contributed by atoms with Gasteiger partial charge in [-0.1, -0.05) is 170 Å². The van der Waals surface area contributed by atoms with Crippen molar-refractivity contribution in [3.63, 3.8) is 0 Å². The van der Waals surface area contributed by atoms with E-state index in [0.717, 1.165) is 17.1 Å². The van der Waals surface area contributed by atoms with Crippen molar-refractivity contribution >= 4 is 17.1 Å². The summed E-state index contributed by atoms with van der Waals surface area (Å²) in [6.07, 6.45) is 0. The van der Waals surface area contributed by atoms with Crippen molar-refractivity contribution in [2.24, 2.45) is 0 Å². The molecular weight excluding hydrogens is 591 g/mol. The molecule has 0 saturated heterocycles. The van der Waals surface area contributed by atoms with Gasteiger partial charge in [0.05, 0.1) is 0 Å². The fourth-order valence-corrected chi connectivity index (χ4v) is 6.59. The van der Waals surface area contributed by atoms with Crippen molar-refractivity contribution in [1.29, 1.82) is 0 Å². The Kier molecular flexibility index (Phi) is 8.39. The molecule has 0 heterocycles. The molecule has 0 N–H and O–H groups in total. The third kappa shape index (κ3) is 6.43. The maximum Gasteiger partial charge on any atom is 0.0467 e. The Morgan fingerprint density at radius 1 is 0.204 bits per heavy atom. The van der Waals surface area contributed by atoms with E-state index < -0.39 is 0 Å². The molecule has 0 atom stereocenters. The van der Waals surface area contributed by atoms with Crippen molar-refractivity contribution in [3.8, 4) is 55.6 Å². The van der Waals surface area contributed by atoms with Gasteiger partial charge in [0.15, 0.2) is 0 Å². The van der Waals surface area contributed by atoms with Crippen LogP contribution < -0.4 is 4.90 Å². The molecule has 0 unspecified atom stereocenters. The third-order valence-corrected chi connectivity index (χ3v) is 9.09. The lowest BCUT2D eigenvalue weighted by Gasteiger charge is -2.26. The average molecular weight is 626 g/mol. The van der Waals surface area contributed by atoms with Crippen molar-refractivity contribution < 1.29 is 0 Å². The van der Waals surface area contributed by atoms with Crippen LogP contribution in [0.2, 0.25) is 0 Å². The Labute approximate surface area is 289 Å². The highest BCUT2D eigenvalue weighted by atomic mass is 15.1. The Morgan fingerprint density at radius 3 is 1.10 bits per heavy atom. The maximum absolute atomic E-state index is 2.35. The zero-order chi connectivity index (χ0) is 32.8. The minimum atomic E-state index is 1.10. The number of hydrogen-bond donors (Lipinski definition) is 0. The molecule has 1 nitrogen and oxygen atoms in total. The highest BCUT2D eigenvalue weighted by Crippen LogP contribution is 2.40. The van der Waals surface area contributed by atoms with E-state index in [4.69, 9.17) is 0 Å². The first-order chi connectivity index (χ1) is 24.3. The van der Waals surface area contributed by atoms with E-state index in [1.54, 1.807) is 0 Å². The SMILES string of the molecule is c1ccc(-c2ccc(N(c3ccc(-c4ccc(-c5ccccc5)cc4-c4ccccc4)cc3)c3cccc(-c4ccccc4)c3)cc2)cc1. The summed E-state index contributed by atoms with van der Waals surface area (Å²) in [5, 5.41) is 0. The molecule has 0 aliphatic heterocycles. The van der Waals surface area contributed by atoms with Gasteiger partial charge in [0.25, 0.3) is 0 Å². The van der Waals surface area contributed by atoms with Crippen LogP contribution in [0.4, 0.5) is 17.1 Å². The van der Waals surface area contributed by atoms with Crippen LogP contribution in [0.1, 0.15) is 0 Å². The lowest BCUT2D eigenvalue weighted by molar-refractivity contribution is 1.28. The van der Waals surface area contributed by atoms with Gasteiger partial charge in [-0.25, -0.2) is 0 Å². The third-order valence-electron chi connectivity index (χ3n) is 9.09. The van der Waals surface area contributed by atoms with Crippen molar-refractivity contribution in [2.75, 3.05) is 4.90 Å². The summed E-state index contributed by atoms with van der Waals surface area (Å²) in [6.45, 7) is 0. The van der Waals surface area contributed by atoms with Gasteiger partial charge in [0.2, 0.25) is 0 Å². The molecule has 8 rings (SSSR count). The largest absolute Gasteiger partial charge is 0.310 e. The molecule has 0 aromatic heterocycles. The van der Waals surface area contributed by atoms with E-state index in [-0.39, 0.29) is 0 Å². The van der Waals surface area contributed by atoms with Crippen molar-refractivity contribution in [1.82, 2.24) is 0 Å². The second kappa shape index (κ2) is 13.7. The average Bonchev–Trinajstić information content (AvgIpc) is 3.20. The molecule has 232 valence electrons. The van der Waals surface area contributed by atoms with E-state index in [9.17, 15) is 0 Å². The van der Waals surface area contributed by atoms with Crippen LogP contribution in [0.25, 0.3) is 55.6 Å². The number of rotatable bonds is 8. The first-order valence-corrected chi connectivity index (χ1v) is 16.8. The highest BCUT2D eigenvalue weighted by molar-refractivity contribution is 5.88. The van der Waals surface area contributed by atoms with E-state index >= 15 is 0 Å². The fraction of sp³-hybridized carbons (Fsp3) is 0. The van der Waals surface area contributed by atoms with Crippen molar-refractivity contribution in [2.45, 2.75) is 0 Å². The predicted octanol–water partition coefficient (Wildman–Crippen LogP) is 13.5. The highest BCUT2D eigenvalue weighted by Gasteiger charge is 2.16. The van der Waals surface area contributed by atoms with Gasteiger partial charge < -0.3 is 4.90 Å². The van der Waals surface area contributed by atoms with Crippen LogP contribution in [0.15, 0.2) is 212 Å². The maximum atomic E-state index is 2.35. The zero-order valence-corrected chi connectivity index (χ0v) is 27.2. The molecule has 0 radical (unpaired) electrons. The fourth-order valence-electron chi connectivity index (χ4n) is 6.59. The topological polar surface area (TPSA) is 3.24 Å². The quantitative estimate of drug-likeness (QED) is 0.162. The molecule has 8 aromatic rings. The Bertz CT molecular complexity index is 2280. The lowest BCUT2D eigenvalue weighted by atomic mass is 9.91. The van der Waals surface area contributed by atoms with E-state index in [1.807, 2.05) is 0 Å². The molecule has 0 spiro atoms. The first-order valence-electron chi connectivity index (χ1n) is 16.8. The summed E-state index contributed by atoms with van der Waals surface area (Å²) in [6, 6.07) is 76.0. The second-order valence-corrected chi connectivity index (χ2v) is 12.2. The van der Waals surface area contributed by atoms with Gasteiger partial charge >= 0.3 is 0 Å². The summed E-state index contributed by atoms with van der Waals surface area (Å²) in [5.74, 6) is 0. The van der Waals surface area contributed by atoms with Crippen LogP contribution in [0, 0.1) is 0 Å². The van der Waals surface area contributed by atoms with Crippen molar-refractivity contribution in [3.05, 3.63) is 212 Å². The summed E-state index contributed by atoms with van der Waals surface area (Å²) >= 11 is 0. The molecule has 0 saturated carbocycles. The summed E-state index contributed by atoms with van der Waals surface area (Å²) < 4.78 is 0. The number of hydrogen-bond acceptors (Lipinski definition) is 1. The number of benzene rings is 8. The van der Waals surface area contributed by atoms with Gasteiger partial charge in [0.1, 0.15) is 0 Å². The Balaban J connectivity index is 1.21. The first kappa shape index (κ1) is 29.9. The molecular formula is C48H35N. The van der Waals surface area contributed by atoms with Gasteiger partial charge in [-0.05, 0) is 98.1 Å². The van der Waals surface area contributed by atoms with Crippen LogP contribution in [0.3, 0.4) is 0 Å². The minimum Gasteiger partial charge on any atom is -0.310 e. The molecule has 0 aliphatic rings. The lowest BCUT2D eigenvalue weighted by Crippen LogP contribution is -2.10. The van der Waals surface area contributed by atoms with E-state index in [2.05, 4.69) is 217 Å².